The van der Waals surface area contributed by atoms with E-state index in [-0.39, 0.29) is 7.12 Å². The number of hydrogen-bond acceptors (Lipinski definition) is 3. The van der Waals surface area contributed by atoms with Crippen LogP contribution in [0.25, 0.3) is 0 Å². The minimum absolute atomic E-state index is 0.196. The third kappa shape index (κ3) is 0.957. The van der Waals surface area contributed by atoms with Crippen LogP contribution in [0.5, 0.6) is 0 Å². The molecule has 1 aromatic heterocycles. The highest BCUT2D eigenvalue weighted by Gasteiger charge is 2.26. The topological polar surface area (TPSA) is 31.6 Å². The SMILES string of the molecule is c1cc(B2OCCO2)co1. The molecule has 52 valence electrons. The molecule has 2 rings (SSSR count). The van der Waals surface area contributed by atoms with Crippen LogP contribution < -0.4 is 5.46 Å². The summed E-state index contributed by atoms with van der Waals surface area (Å²) >= 11 is 0. The lowest BCUT2D eigenvalue weighted by atomic mass is 9.82. The van der Waals surface area contributed by atoms with Gasteiger partial charge in [-0.25, -0.2) is 0 Å². The normalized spacial score (nSPS) is 18.2. The standard InChI is InChI=1S/C6H7BO3/c1-2-8-5-6(1)7-9-3-4-10-7/h1-2,5H,3-4H2. The average Bonchev–Trinajstić information content (AvgIpc) is 2.59. The lowest BCUT2D eigenvalue weighted by molar-refractivity contribution is 0.365. The van der Waals surface area contributed by atoms with E-state index in [0.29, 0.717) is 13.2 Å². The zero-order valence-corrected chi connectivity index (χ0v) is 5.45. The quantitative estimate of drug-likeness (QED) is 0.512. The molecule has 0 amide bonds. The second-order valence-electron chi connectivity index (χ2n) is 2.13. The Morgan fingerprint density at radius 1 is 1.30 bits per heavy atom. The van der Waals surface area contributed by atoms with Gasteiger partial charge in [0, 0.05) is 5.46 Å². The zero-order valence-electron chi connectivity index (χ0n) is 5.45. The minimum Gasteiger partial charge on any atom is -0.473 e. The van der Waals surface area contributed by atoms with Crippen LogP contribution in [0.2, 0.25) is 0 Å². The summed E-state index contributed by atoms with van der Waals surface area (Å²) in [4.78, 5) is 0. The summed E-state index contributed by atoms with van der Waals surface area (Å²) in [7, 11) is -0.196. The summed E-state index contributed by atoms with van der Waals surface area (Å²) in [5, 5.41) is 0. The summed E-state index contributed by atoms with van der Waals surface area (Å²) in [6.45, 7) is 1.35. The molecule has 1 saturated heterocycles. The van der Waals surface area contributed by atoms with Crippen LogP contribution in [-0.4, -0.2) is 20.3 Å². The van der Waals surface area contributed by atoms with Gasteiger partial charge in [-0.1, -0.05) is 0 Å². The van der Waals surface area contributed by atoms with Gasteiger partial charge in [-0.05, 0) is 6.07 Å². The fraction of sp³-hybridized carbons (Fsp3) is 0.333. The third-order valence-corrected chi connectivity index (χ3v) is 1.44. The van der Waals surface area contributed by atoms with Crippen molar-refractivity contribution in [2.75, 3.05) is 13.2 Å². The Morgan fingerprint density at radius 2 is 2.10 bits per heavy atom. The molecular weight excluding hydrogens is 131 g/mol. The lowest BCUT2D eigenvalue weighted by Gasteiger charge is -1.96. The van der Waals surface area contributed by atoms with Gasteiger partial charge in [-0.15, -0.1) is 0 Å². The first-order valence-electron chi connectivity index (χ1n) is 3.22. The van der Waals surface area contributed by atoms with Crippen molar-refractivity contribution in [3.63, 3.8) is 0 Å². The Labute approximate surface area is 59.1 Å². The maximum atomic E-state index is 5.22. The molecule has 0 atom stereocenters. The van der Waals surface area contributed by atoms with Crippen molar-refractivity contribution < 1.29 is 13.7 Å². The summed E-state index contributed by atoms with van der Waals surface area (Å²) in [5.41, 5.74) is 0.956. The van der Waals surface area contributed by atoms with Gasteiger partial charge in [0.1, 0.15) is 0 Å². The molecule has 0 radical (unpaired) electrons. The van der Waals surface area contributed by atoms with Gasteiger partial charge in [0.05, 0.1) is 25.7 Å². The maximum absolute atomic E-state index is 5.22. The van der Waals surface area contributed by atoms with E-state index < -0.39 is 0 Å². The van der Waals surface area contributed by atoms with E-state index in [2.05, 4.69) is 0 Å². The van der Waals surface area contributed by atoms with Crippen molar-refractivity contribution in [1.29, 1.82) is 0 Å². The maximum Gasteiger partial charge on any atom is 0.497 e. The van der Waals surface area contributed by atoms with Crippen LogP contribution in [0.15, 0.2) is 23.0 Å². The molecule has 4 heteroatoms. The first-order chi connectivity index (χ1) is 4.97. The fourth-order valence-corrected chi connectivity index (χ4v) is 0.960. The number of furan rings is 1. The molecule has 10 heavy (non-hydrogen) atoms. The summed E-state index contributed by atoms with van der Waals surface area (Å²) in [5.74, 6) is 0. The van der Waals surface area contributed by atoms with E-state index in [0.717, 1.165) is 5.46 Å². The van der Waals surface area contributed by atoms with E-state index in [4.69, 9.17) is 13.7 Å². The van der Waals surface area contributed by atoms with Gasteiger partial charge in [-0.2, -0.15) is 0 Å². The molecule has 1 aromatic rings. The van der Waals surface area contributed by atoms with Crippen molar-refractivity contribution in [3.8, 4) is 0 Å². The molecule has 0 aromatic carbocycles. The molecule has 0 unspecified atom stereocenters. The van der Waals surface area contributed by atoms with Crippen LogP contribution in [0.3, 0.4) is 0 Å². The largest absolute Gasteiger partial charge is 0.497 e. The smallest absolute Gasteiger partial charge is 0.473 e. The molecular formula is C6H7BO3. The van der Waals surface area contributed by atoms with Crippen molar-refractivity contribution >= 4 is 12.6 Å². The number of hydrogen-bond donors (Lipinski definition) is 0. The molecule has 1 fully saturated rings. The minimum atomic E-state index is -0.196. The summed E-state index contributed by atoms with van der Waals surface area (Å²) < 4.78 is 15.3. The molecule has 1 aliphatic rings. The molecule has 1 aliphatic heterocycles. The molecule has 2 heterocycles. The van der Waals surface area contributed by atoms with Crippen molar-refractivity contribution in [3.05, 3.63) is 18.6 Å². The highest BCUT2D eigenvalue weighted by molar-refractivity contribution is 6.61. The fourth-order valence-electron chi connectivity index (χ4n) is 0.960. The van der Waals surface area contributed by atoms with E-state index in [9.17, 15) is 0 Å². The van der Waals surface area contributed by atoms with Crippen molar-refractivity contribution in [2.24, 2.45) is 0 Å². The monoisotopic (exact) mass is 138 g/mol. The van der Waals surface area contributed by atoms with Gasteiger partial charge in [0.15, 0.2) is 0 Å². The van der Waals surface area contributed by atoms with Gasteiger partial charge in [0.25, 0.3) is 0 Å². The first-order valence-corrected chi connectivity index (χ1v) is 3.22. The Kier molecular flexibility index (Phi) is 1.49. The van der Waals surface area contributed by atoms with E-state index >= 15 is 0 Å². The van der Waals surface area contributed by atoms with Crippen molar-refractivity contribution in [2.45, 2.75) is 0 Å². The molecule has 0 aliphatic carbocycles. The van der Waals surface area contributed by atoms with E-state index in [1.165, 1.54) is 0 Å². The first kappa shape index (κ1) is 6.01. The van der Waals surface area contributed by atoms with Crippen molar-refractivity contribution in [1.82, 2.24) is 0 Å². The third-order valence-electron chi connectivity index (χ3n) is 1.44. The Bertz CT molecular complexity index is 191. The lowest BCUT2D eigenvalue weighted by Crippen LogP contribution is -2.29. The van der Waals surface area contributed by atoms with Gasteiger partial charge in [0.2, 0.25) is 0 Å². The predicted octanol–water partition coefficient (Wildman–Crippen LogP) is 0.0216. The molecule has 3 nitrogen and oxygen atoms in total. The zero-order chi connectivity index (χ0) is 6.81. The second-order valence-corrected chi connectivity index (χ2v) is 2.13. The van der Waals surface area contributed by atoms with E-state index in [1.54, 1.807) is 12.5 Å². The summed E-state index contributed by atoms with van der Waals surface area (Å²) in [6.07, 6.45) is 3.25. The molecule has 0 saturated carbocycles. The van der Waals surface area contributed by atoms with Crippen LogP contribution in [-0.2, 0) is 9.31 Å². The number of rotatable bonds is 1. The molecule has 0 N–H and O–H groups in total. The van der Waals surface area contributed by atoms with Crippen LogP contribution >= 0.6 is 0 Å². The van der Waals surface area contributed by atoms with Crippen LogP contribution in [0, 0.1) is 0 Å². The summed E-state index contributed by atoms with van der Waals surface area (Å²) in [6, 6.07) is 1.84. The molecule has 0 spiro atoms. The highest BCUT2D eigenvalue weighted by Crippen LogP contribution is 1.99. The molecule has 0 bridgehead atoms. The van der Waals surface area contributed by atoms with Crippen LogP contribution in [0.4, 0.5) is 0 Å². The predicted molar refractivity (Wildman–Crippen MR) is 36.0 cm³/mol. The van der Waals surface area contributed by atoms with Gasteiger partial charge in [-0.3, -0.25) is 0 Å². The average molecular weight is 138 g/mol. The van der Waals surface area contributed by atoms with E-state index in [1.807, 2.05) is 6.07 Å². The van der Waals surface area contributed by atoms with Crippen LogP contribution in [0.1, 0.15) is 0 Å². The Morgan fingerprint density at radius 3 is 2.70 bits per heavy atom. The van der Waals surface area contributed by atoms with Gasteiger partial charge >= 0.3 is 7.12 Å². The second kappa shape index (κ2) is 2.48. The Balaban J connectivity index is 2.12. The van der Waals surface area contributed by atoms with Gasteiger partial charge < -0.3 is 13.7 Å². The Hall–Kier alpha value is -0.735. The highest BCUT2D eigenvalue weighted by atomic mass is 16.6.